The lowest BCUT2D eigenvalue weighted by atomic mass is 10.1. The van der Waals surface area contributed by atoms with Crippen molar-refractivity contribution in [3.8, 4) is 5.75 Å². The van der Waals surface area contributed by atoms with Gasteiger partial charge in [-0.1, -0.05) is 24.3 Å². The van der Waals surface area contributed by atoms with Crippen LogP contribution in [0.2, 0.25) is 0 Å². The molecular weight excluding hydrogens is 454 g/mol. The van der Waals surface area contributed by atoms with Gasteiger partial charge in [0.25, 0.3) is 0 Å². The molecule has 1 heterocycles. The fourth-order valence-electron chi connectivity index (χ4n) is 3.39. The highest BCUT2D eigenvalue weighted by Crippen LogP contribution is 2.20. The van der Waals surface area contributed by atoms with Gasteiger partial charge in [-0.05, 0) is 35.4 Å². The van der Waals surface area contributed by atoms with Gasteiger partial charge in [-0.2, -0.15) is 0 Å². The molecule has 1 atom stereocenters. The molecule has 0 radical (unpaired) electrons. The molecule has 0 aromatic heterocycles. The van der Waals surface area contributed by atoms with Crippen LogP contribution in [-0.4, -0.2) is 72.5 Å². The topological polar surface area (TPSA) is 168 Å². The number of hydrogen-bond acceptors (Lipinski definition) is 7. The molecule has 6 N–H and O–H groups in total. The first kappa shape index (κ1) is 25.3. The predicted octanol–water partition coefficient (Wildman–Crippen LogP) is 0.415. The average Bonchev–Trinajstić information content (AvgIpc) is 2.86. The fourth-order valence-corrected chi connectivity index (χ4v) is 3.39. The van der Waals surface area contributed by atoms with E-state index in [4.69, 9.17) is 20.9 Å². The molecule has 186 valence electrons. The molecule has 0 saturated carbocycles. The number of nitrogens with zero attached hydrogens (tertiary/aromatic N) is 4. The number of guanidine groups is 2. The SMILES string of the molecule is COC(=O)c1ccc(CN2C(=O)NC(=NCCN=C(N)N)N(Cc3ccc(OC)cc3)C2O)cc1. The van der Waals surface area contributed by atoms with Crippen LogP contribution in [0.1, 0.15) is 21.5 Å². The number of carbonyl (C=O) groups is 2. The van der Waals surface area contributed by atoms with Gasteiger partial charge in [-0.15, -0.1) is 0 Å². The van der Waals surface area contributed by atoms with Crippen LogP contribution < -0.4 is 21.5 Å². The summed E-state index contributed by atoms with van der Waals surface area (Å²) < 4.78 is 9.91. The van der Waals surface area contributed by atoms with Gasteiger partial charge >= 0.3 is 12.0 Å². The number of nitrogens with one attached hydrogen (secondary N) is 1. The number of aliphatic hydroxyl groups is 1. The lowest BCUT2D eigenvalue weighted by molar-refractivity contribution is -0.0732. The number of urea groups is 1. The Balaban J connectivity index is 1.82. The maximum Gasteiger partial charge on any atom is 0.337 e. The summed E-state index contributed by atoms with van der Waals surface area (Å²) in [5, 5.41) is 13.9. The van der Waals surface area contributed by atoms with E-state index in [9.17, 15) is 14.7 Å². The molecule has 2 amide bonds. The standard InChI is InChI=1S/C23H29N7O5/c1-34-18-9-5-16(6-10-18)13-29-21(27-12-11-26-20(24)25)28-22(32)30(23(29)33)14-15-3-7-17(8-4-15)19(31)35-2/h3-10,23,33H,11-14H2,1-2H3,(H4,24,25,26)(H,27,28,32). The highest BCUT2D eigenvalue weighted by Gasteiger charge is 2.36. The van der Waals surface area contributed by atoms with Crippen LogP contribution in [0.25, 0.3) is 0 Å². The summed E-state index contributed by atoms with van der Waals surface area (Å²) in [6, 6.07) is 13.4. The molecule has 2 aromatic rings. The van der Waals surface area contributed by atoms with Gasteiger partial charge in [-0.25, -0.2) is 9.59 Å². The van der Waals surface area contributed by atoms with E-state index in [0.717, 1.165) is 5.56 Å². The van der Waals surface area contributed by atoms with Gasteiger partial charge in [0.05, 0.1) is 46.0 Å². The second-order valence-corrected chi connectivity index (χ2v) is 7.58. The number of nitrogens with two attached hydrogens (primary N) is 2. The molecule has 1 unspecified atom stereocenters. The molecule has 2 aromatic carbocycles. The van der Waals surface area contributed by atoms with Gasteiger partial charge in [0.1, 0.15) is 5.75 Å². The number of methoxy groups -OCH3 is 2. The van der Waals surface area contributed by atoms with Crippen LogP contribution in [-0.2, 0) is 17.8 Å². The molecule has 1 aliphatic heterocycles. The van der Waals surface area contributed by atoms with E-state index in [0.29, 0.717) is 16.9 Å². The number of ether oxygens (including phenoxy) is 2. The zero-order valence-electron chi connectivity index (χ0n) is 19.5. The molecule has 1 saturated heterocycles. The Morgan fingerprint density at radius 3 is 2.17 bits per heavy atom. The van der Waals surface area contributed by atoms with Gasteiger partial charge in [-0.3, -0.25) is 25.1 Å². The highest BCUT2D eigenvalue weighted by atomic mass is 16.5. The Labute approximate surface area is 202 Å². The molecule has 3 rings (SSSR count). The predicted molar refractivity (Wildman–Crippen MR) is 129 cm³/mol. The Bertz CT molecular complexity index is 1080. The van der Waals surface area contributed by atoms with E-state index >= 15 is 0 Å². The summed E-state index contributed by atoms with van der Waals surface area (Å²) in [5.74, 6) is 0.378. The third-order valence-corrected chi connectivity index (χ3v) is 5.21. The lowest BCUT2D eigenvalue weighted by Crippen LogP contribution is -2.65. The zero-order chi connectivity index (χ0) is 25.4. The van der Waals surface area contributed by atoms with Gasteiger partial charge in [0.15, 0.2) is 5.96 Å². The number of benzene rings is 2. The van der Waals surface area contributed by atoms with E-state index in [-0.39, 0.29) is 38.1 Å². The van der Waals surface area contributed by atoms with Crippen molar-refractivity contribution in [1.29, 1.82) is 0 Å². The second kappa shape index (κ2) is 11.7. The molecule has 0 bridgehead atoms. The van der Waals surface area contributed by atoms with Crippen LogP contribution in [0.15, 0.2) is 58.5 Å². The van der Waals surface area contributed by atoms with Gasteiger partial charge < -0.3 is 26.0 Å². The quantitative estimate of drug-likeness (QED) is 0.172. The van der Waals surface area contributed by atoms with Crippen molar-refractivity contribution >= 4 is 23.9 Å². The first-order valence-electron chi connectivity index (χ1n) is 10.7. The van der Waals surface area contributed by atoms with Crippen molar-refractivity contribution in [2.24, 2.45) is 21.5 Å². The van der Waals surface area contributed by atoms with E-state index < -0.39 is 18.4 Å². The number of aliphatic hydroxyl groups excluding tert-OH is 1. The minimum Gasteiger partial charge on any atom is -0.497 e. The second-order valence-electron chi connectivity index (χ2n) is 7.58. The molecule has 35 heavy (non-hydrogen) atoms. The highest BCUT2D eigenvalue weighted by molar-refractivity contribution is 5.98. The zero-order valence-corrected chi connectivity index (χ0v) is 19.5. The third-order valence-electron chi connectivity index (χ3n) is 5.21. The van der Waals surface area contributed by atoms with Crippen molar-refractivity contribution in [3.63, 3.8) is 0 Å². The summed E-state index contributed by atoms with van der Waals surface area (Å²) in [4.78, 5) is 35.6. The number of hydrogen-bond donors (Lipinski definition) is 4. The first-order chi connectivity index (χ1) is 16.8. The van der Waals surface area contributed by atoms with Crippen LogP contribution in [0.3, 0.4) is 0 Å². The van der Waals surface area contributed by atoms with Crippen LogP contribution in [0.5, 0.6) is 5.75 Å². The van der Waals surface area contributed by atoms with Crippen molar-refractivity contribution in [2.75, 3.05) is 27.3 Å². The Hall–Kier alpha value is -4.32. The molecule has 1 fully saturated rings. The smallest absolute Gasteiger partial charge is 0.337 e. The molecule has 0 spiro atoms. The Kier molecular flexibility index (Phi) is 8.46. The molecular formula is C23H29N7O5. The van der Waals surface area contributed by atoms with Crippen molar-refractivity contribution in [2.45, 2.75) is 19.4 Å². The molecule has 12 heteroatoms. The third kappa shape index (κ3) is 6.60. The minimum absolute atomic E-state index is 0.0580. The summed E-state index contributed by atoms with van der Waals surface area (Å²) in [6.07, 6.45) is -1.31. The number of aliphatic imine (C=N–C) groups is 2. The monoisotopic (exact) mass is 483 g/mol. The van der Waals surface area contributed by atoms with Crippen molar-refractivity contribution in [3.05, 3.63) is 65.2 Å². The van der Waals surface area contributed by atoms with E-state index in [1.165, 1.54) is 12.0 Å². The first-order valence-corrected chi connectivity index (χ1v) is 10.7. The summed E-state index contributed by atoms with van der Waals surface area (Å²) in [5.41, 5.74) is 12.7. The number of rotatable bonds is 9. The van der Waals surface area contributed by atoms with Gasteiger partial charge in [0, 0.05) is 0 Å². The molecule has 12 nitrogen and oxygen atoms in total. The number of carbonyl (C=O) groups excluding carboxylic acids is 2. The van der Waals surface area contributed by atoms with E-state index in [2.05, 4.69) is 15.3 Å². The minimum atomic E-state index is -1.31. The summed E-state index contributed by atoms with van der Waals surface area (Å²) in [7, 11) is 2.88. The Morgan fingerprint density at radius 1 is 1.00 bits per heavy atom. The van der Waals surface area contributed by atoms with Crippen molar-refractivity contribution in [1.82, 2.24) is 15.1 Å². The number of amides is 2. The summed E-state index contributed by atoms with van der Waals surface area (Å²) in [6.45, 7) is 0.776. The maximum atomic E-state index is 12.9. The van der Waals surface area contributed by atoms with Crippen molar-refractivity contribution < 1.29 is 24.2 Å². The normalized spacial score (nSPS) is 16.6. The number of esters is 1. The summed E-state index contributed by atoms with van der Waals surface area (Å²) >= 11 is 0. The lowest BCUT2D eigenvalue weighted by Gasteiger charge is -2.42. The maximum absolute atomic E-state index is 12.9. The van der Waals surface area contributed by atoms with E-state index in [1.54, 1.807) is 48.4 Å². The largest absolute Gasteiger partial charge is 0.497 e. The van der Waals surface area contributed by atoms with E-state index in [1.807, 2.05) is 12.1 Å². The molecule has 1 aliphatic rings. The van der Waals surface area contributed by atoms with Crippen LogP contribution >= 0.6 is 0 Å². The molecule has 0 aliphatic carbocycles. The van der Waals surface area contributed by atoms with Crippen LogP contribution in [0.4, 0.5) is 4.79 Å². The van der Waals surface area contributed by atoms with Gasteiger partial charge in [0.2, 0.25) is 12.3 Å². The average molecular weight is 484 g/mol. The fraction of sp³-hybridized carbons (Fsp3) is 0.304. The Morgan fingerprint density at radius 2 is 1.60 bits per heavy atom. The van der Waals surface area contributed by atoms with Crippen LogP contribution in [0, 0.1) is 0 Å².